The van der Waals surface area contributed by atoms with Gasteiger partial charge in [-0.1, -0.05) is 0 Å². The van der Waals surface area contributed by atoms with E-state index in [1.807, 2.05) is 0 Å². The average molecular weight is 272 g/mol. The summed E-state index contributed by atoms with van der Waals surface area (Å²) in [5.74, 6) is -0.771. The van der Waals surface area contributed by atoms with Crippen molar-refractivity contribution in [1.29, 1.82) is 0 Å². The number of carbonyl (C=O) groups is 3. The Kier molecular flexibility index (Phi) is 4.74. The molecule has 0 aromatic heterocycles. The maximum Gasteiger partial charge on any atom is 0.408 e. The Hall–Kier alpha value is -1.79. The molecule has 0 aliphatic carbocycles. The number of cyclic esters (lactones) is 1. The van der Waals surface area contributed by atoms with Gasteiger partial charge in [-0.15, -0.1) is 0 Å². The molecule has 1 atom stereocenters. The number of nitrogens with zero attached hydrogens (tertiary/aromatic N) is 1. The third kappa shape index (κ3) is 4.76. The number of rotatable bonds is 2. The zero-order valence-electron chi connectivity index (χ0n) is 11.7. The molecular formula is C12H20N2O5. The molecule has 7 heteroatoms. The van der Waals surface area contributed by atoms with E-state index in [1.54, 1.807) is 27.7 Å². The van der Waals surface area contributed by atoms with E-state index in [9.17, 15) is 14.4 Å². The van der Waals surface area contributed by atoms with Gasteiger partial charge < -0.3 is 19.7 Å². The lowest BCUT2D eigenvalue weighted by Crippen LogP contribution is -2.53. The number of esters is 1. The van der Waals surface area contributed by atoms with Gasteiger partial charge in [0, 0.05) is 0 Å². The standard InChI is InChI=1S/C12H20N2O5/c1-8-10(16)18-6-5-14(8)9(15)7-13-11(17)19-12(2,3)4/h8H,5-7H2,1-4H3,(H,13,17)/t8-/m0/s1. The van der Waals surface area contributed by atoms with E-state index in [2.05, 4.69) is 5.32 Å². The van der Waals surface area contributed by atoms with Gasteiger partial charge in [0.25, 0.3) is 0 Å². The zero-order valence-corrected chi connectivity index (χ0v) is 11.7. The van der Waals surface area contributed by atoms with Crippen LogP contribution < -0.4 is 5.32 Å². The van der Waals surface area contributed by atoms with Gasteiger partial charge >= 0.3 is 12.1 Å². The molecule has 1 aliphatic rings. The number of nitrogens with one attached hydrogen (secondary N) is 1. The summed E-state index contributed by atoms with van der Waals surface area (Å²) in [4.78, 5) is 36.0. The Morgan fingerprint density at radius 1 is 1.47 bits per heavy atom. The Morgan fingerprint density at radius 2 is 2.11 bits per heavy atom. The van der Waals surface area contributed by atoms with Gasteiger partial charge in [0.1, 0.15) is 24.8 Å². The largest absolute Gasteiger partial charge is 0.462 e. The van der Waals surface area contributed by atoms with Crippen LogP contribution in [0.1, 0.15) is 27.7 Å². The number of alkyl carbamates (subject to hydrolysis) is 1. The van der Waals surface area contributed by atoms with Crippen molar-refractivity contribution < 1.29 is 23.9 Å². The minimum absolute atomic E-state index is 0.182. The number of ether oxygens (including phenoxy) is 2. The molecular weight excluding hydrogens is 252 g/mol. The van der Waals surface area contributed by atoms with Crippen LogP contribution >= 0.6 is 0 Å². The van der Waals surface area contributed by atoms with E-state index >= 15 is 0 Å². The predicted molar refractivity (Wildman–Crippen MR) is 66.4 cm³/mol. The van der Waals surface area contributed by atoms with Crippen LogP contribution in [0.5, 0.6) is 0 Å². The lowest BCUT2D eigenvalue weighted by Gasteiger charge is -2.32. The number of hydrogen-bond acceptors (Lipinski definition) is 5. The number of hydrogen-bond donors (Lipinski definition) is 1. The third-order valence-electron chi connectivity index (χ3n) is 2.49. The highest BCUT2D eigenvalue weighted by molar-refractivity contribution is 5.87. The number of amides is 2. The quantitative estimate of drug-likeness (QED) is 0.730. The van der Waals surface area contributed by atoms with Crippen molar-refractivity contribution >= 4 is 18.0 Å². The van der Waals surface area contributed by atoms with Gasteiger partial charge in [0.15, 0.2) is 0 Å². The molecule has 1 fully saturated rings. The molecule has 0 unspecified atom stereocenters. The maximum atomic E-state index is 11.9. The van der Waals surface area contributed by atoms with E-state index in [1.165, 1.54) is 4.90 Å². The van der Waals surface area contributed by atoms with E-state index in [4.69, 9.17) is 9.47 Å². The third-order valence-corrected chi connectivity index (χ3v) is 2.49. The summed E-state index contributed by atoms with van der Waals surface area (Å²) in [5, 5.41) is 2.37. The van der Waals surface area contributed by atoms with E-state index in [0.29, 0.717) is 6.54 Å². The molecule has 1 aliphatic heterocycles. The summed E-state index contributed by atoms with van der Waals surface area (Å²) >= 11 is 0. The van der Waals surface area contributed by atoms with Crippen LogP contribution in [0.4, 0.5) is 4.79 Å². The summed E-state index contributed by atoms with van der Waals surface area (Å²) in [7, 11) is 0. The molecule has 1 saturated heterocycles. The summed E-state index contributed by atoms with van der Waals surface area (Å²) in [5.41, 5.74) is -0.616. The summed E-state index contributed by atoms with van der Waals surface area (Å²) < 4.78 is 9.83. The number of carbonyl (C=O) groups excluding carboxylic acids is 3. The highest BCUT2D eigenvalue weighted by Gasteiger charge is 2.31. The molecule has 1 heterocycles. The van der Waals surface area contributed by atoms with Gasteiger partial charge in [0.2, 0.25) is 5.91 Å². The lowest BCUT2D eigenvalue weighted by atomic mass is 10.2. The molecule has 0 aromatic rings. The normalized spacial score (nSPS) is 19.7. The maximum absolute atomic E-state index is 11.9. The van der Waals surface area contributed by atoms with Crippen LogP contribution in [0.3, 0.4) is 0 Å². The summed E-state index contributed by atoms with van der Waals surface area (Å²) in [6.07, 6.45) is -0.659. The van der Waals surface area contributed by atoms with Crippen molar-refractivity contribution in [3.63, 3.8) is 0 Å². The summed E-state index contributed by atoms with van der Waals surface area (Å²) in [6, 6.07) is -0.623. The Morgan fingerprint density at radius 3 is 2.68 bits per heavy atom. The first-order valence-corrected chi connectivity index (χ1v) is 6.13. The molecule has 0 saturated carbocycles. The first-order valence-electron chi connectivity index (χ1n) is 6.13. The first kappa shape index (κ1) is 15.3. The zero-order chi connectivity index (χ0) is 14.6. The van der Waals surface area contributed by atoms with Crippen molar-refractivity contribution in [2.75, 3.05) is 19.7 Å². The van der Waals surface area contributed by atoms with Gasteiger partial charge in [-0.25, -0.2) is 9.59 Å². The topological polar surface area (TPSA) is 84.9 Å². The van der Waals surface area contributed by atoms with Gasteiger partial charge in [-0.2, -0.15) is 0 Å². The fraction of sp³-hybridized carbons (Fsp3) is 0.750. The fourth-order valence-electron chi connectivity index (χ4n) is 1.59. The van der Waals surface area contributed by atoms with E-state index in [0.717, 1.165) is 0 Å². The molecule has 2 amide bonds. The fourth-order valence-corrected chi connectivity index (χ4v) is 1.59. The minimum Gasteiger partial charge on any atom is -0.462 e. The van der Waals surface area contributed by atoms with Gasteiger partial charge in [-0.05, 0) is 27.7 Å². The lowest BCUT2D eigenvalue weighted by molar-refractivity contribution is -0.162. The molecule has 1 rings (SSSR count). The van der Waals surface area contributed by atoms with Crippen LogP contribution in [-0.2, 0) is 19.1 Å². The smallest absolute Gasteiger partial charge is 0.408 e. The van der Waals surface area contributed by atoms with E-state index in [-0.39, 0.29) is 19.1 Å². The Labute approximate surface area is 112 Å². The second-order valence-electron chi connectivity index (χ2n) is 5.29. The van der Waals surface area contributed by atoms with E-state index < -0.39 is 23.7 Å². The molecule has 108 valence electrons. The SMILES string of the molecule is C[C@H]1C(=O)OCCN1C(=O)CNC(=O)OC(C)(C)C. The van der Waals surface area contributed by atoms with Gasteiger partial charge in [-0.3, -0.25) is 4.79 Å². The Bertz CT molecular complexity index is 375. The highest BCUT2D eigenvalue weighted by Crippen LogP contribution is 2.08. The second kappa shape index (κ2) is 5.90. The molecule has 7 nitrogen and oxygen atoms in total. The molecule has 0 spiro atoms. The van der Waals surface area contributed by atoms with Crippen LogP contribution in [-0.4, -0.2) is 54.2 Å². The van der Waals surface area contributed by atoms with Crippen LogP contribution in [0.25, 0.3) is 0 Å². The molecule has 1 N–H and O–H groups in total. The van der Waals surface area contributed by atoms with Crippen LogP contribution in [0.15, 0.2) is 0 Å². The van der Waals surface area contributed by atoms with Gasteiger partial charge in [0.05, 0.1) is 6.54 Å². The van der Waals surface area contributed by atoms with Crippen molar-refractivity contribution in [3.05, 3.63) is 0 Å². The molecule has 19 heavy (non-hydrogen) atoms. The second-order valence-corrected chi connectivity index (χ2v) is 5.29. The van der Waals surface area contributed by atoms with Crippen molar-refractivity contribution in [2.45, 2.75) is 39.3 Å². The van der Waals surface area contributed by atoms with Crippen molar-refractivity contribution in [3.8, 4) is 0 Å². The molecule has 0 aromatic carbocycles. The summed E-state index contributed by atoms with van der Waals surface area (Å²) in [6.45, 7) is 7.11. The monoisotopic (exact) mass is 272 g/mol. The predicted octanol–water partition coefficient (Wildman–Crippen LogP) is 0.285. The average Bonchev–Trinajstić information content (AvgIpc) is 2.27. The Balaban J connectivity index is 2.43. The van der Waals surface area contributed by atoms with Crippen LogP contribution in [0, 0.1) is 0 Å². The minimum atomic E-state index is -0.659. The van der Waals surface area contributed by atoms with Crippen molar-refractivity contribution in [1.82, 2.24) is 10.2 Å². The highest BCUT2D eigenvalue weighted by atomic mass is 16.6. The van der Waals surface area contributed by atoms with Crippen LogP contribution in [0.2, 0.25) is 0 Å². The molecule has 0 bridgehead atoms. The molecule has 0 radical (unpaired) electrons. The first-order chi connectivity index (χ1) is 8.70. The van der Waals surface area contributed by atoms with Crippen molar-refractivity contribution in [2.24, 2.45) is 0 Å². The number of morpholine rings is 1.